The third kappa shape index (κ3) is 5.72. The van der Waals surface area contributed by atoms with Crippen molar-refractivity contribution in [2.45, 2.75) is 12.7 Å². The molecule has 0 unspecified atom stereocenters. The number of halogens is 4. The van der Waals surface area contributed by atoms with Gasteiger partial charge in [-0.15, -0.1) is 0 Å². The molecule has 1 aromatic heterocycles. The van der Waals surface area contributed by atoms with E-state index in [4.69, 9.17) is 16.3 Å². The Balaban J connectivity index is 1.32. The molecule has 2 aliphatic rings. The zero-order valence-electron chi connectivity index (χ0n) is 19.6. The van der Waals surface area contributed by atoms with Crippen LogP contribution in [0.1, 0.15) is 16.7 Å². The van der Waals surface area contributed by atoms with Crippen molar-refractivity contribution in [3.8, 4) is 0 Å². The molecule has 6 nitrogen and oxygen atoms in total. The van der Waals surface area contributed by atoms with Crippen molar-refractivity contribution in [3.63, 3.8) is 0 Å². The van der Waals surface area contributed by atoms with Gasteiger partial charge in [0.2, 0.25) is 0 Å². The summed E-state index contributed by atoms with van der Waals surface area (Å²) in [4.78, 5) is 29.1. The average molecular weight is 550 g/mol. The van der Waals surface area contributed by atoms with Gasteiger partial charge in [-0.2, -0.15) is 13.2 Å². The molecule has 2 aliphatic heterocycles. The smallest absolute Gasteiger partial charge is 0.379 e. The lowest BCUT2D eigenvalue weighted by Crippen LogP contribution is -2.42. The van der Waals surface area contributed by atoms with Crippen LogP contribution in [0.25, 0.3) is 17.0 Å². The lowest BCUT2D eigenvalue weighted by Gasteiger charge is -2.27. The highest BCUT2D eigenvalue weighted by atomic mass is 35.5. The van der Waals surface area contributed by atoms with Gasteiger partial charge in [-0.1, -0.05) is 23.7 Å². The number of carbonyl (C=O) groups excluding carboxylic acids is 2. The maximum Gasteiger partial charge on any atom is 0.416 e. The molecule has 2 aromatic carbocycles. The molecule has 2 fully saturated rings. The van der Waals surface area contributed by atoms with Crippen molar-refractivity contribution in [1.29, 1.82) is 0 Å². The summed E-state index contributed by atoms with van der Waals surface area (Å²) in [6.45, 7) is 3.82. The minimum atomic E-state index is -4.51. The number of aromatic nitrogens is 1. The number of benzene rings is 2. The van der Waals surface area contributed by atoms with Crippen LogP contribution in [0.3, 0.4) is 0 Å². The van der Waals surface area contributed by atoms with Gasteiger partial charge >= 0.3 is 6.18 Å². The van der Waals surface area contributed by atoms with E-state index in [1.54, 1.807) is 29.0 Å². The second-order valence-corrected chi connectivity index (χ2v) is 10.3. The number of rotatable bonds is 6. The van der Waals surface area contributed by atoms with E-state index in [2.05, 4.69) is 4.90 Å². The fraction of sp³-hybridized carbons (Fsp3) is 0.308. The van der Waals surface area contributed by atoms with Crippen molar-refractivity contribution >= 4 is 51.5 Å². The predicted octanol–water partition coefficient (Wildman–Crippen LogP) is 5.73. The SMILES string of the molecule is O=C1SC(=Cc2ccc3c(ccn3Cc3ccc(Cl)cc3C(F)(F)F)c2)C(=O)N1CCN1CCOCC1. The molecular formula is C26H23ClF3N3O3S. The molecule has 2 saturated heterocycles. The second-order valence-electron chi connectivity index (χ2n) is 8.85. The van der Waals surface area contributed by atoms with Crippen molar-refractivity contribution in [3.05, 3.63) is 75.3 Å². The minimum Gasteiger partial charge on any atom is -0.379 e. The number of fused-ring (bicyclic) bond motifs is 1. The zero-order chi connectivity index (χ0) is 26.2. The van der Waals surface area contributed by atoms with E-state index in [-0.39, 0.29) is 28.3 Å². The van der Waals surface area contributed by atoms with Crippen LogP contribution < -0.4 is 0 Å². The summed E-state index contributed by atoms with van der Waals surface area (Å²) in [6.07, 6.45) is -1.11. The van der Waals surface area contributed by atoms with Gasteiger partial charge in [-0.3, -0.25) is 19.4 Å². The fourth-order valence-corrected chi connectivity index (χ4v) is 5.53. The first-order chi connectivity index (χ1) is 17.7. The van der Waals surface area contributed by atoms with E-state index in [0.717, 1.165) is 47.4 Å². The number of ether oxygens (including phenoxy) is 1. The summed E-state index contributed by atoms with van der Waals surface area (Å²) in [7, 11) is 0. The van der Waals surface area contributed by atoms with Crippen LogP contribution in [-0.4, -0.2) is 64.9 Å². The molecule has 3 aromatic rings. The molecule has 0 spiro atoms. The molecule has 37 heavy (non-hydrogen) atoms. The van der Waals surface area contributed by atoms with Crippen LogP contribution in [0, 0.1) is 0 Å². The number of morpholine rings is 1. The topological polar surface area (TPSA) is 54.8 Å². The predicted molar refractivity (Wildman–Crippen MR) is 137 cm³/mol. The monoisotopic (exact) mass is 549 g/mol. The molecule has 0 N–H and O–H groups in total. The maximum atomic E-state index is 13.5. The largest absolute Gasteiger partial charge is 0.416 e. The van der Waals surface area contributed by atoms with E-state index in [1.807, 2.05) is 12.1 Å². The van der Waals surface area contributed by atoms with Crippen LogP contribution in [0.2, 0.25) is 5.02 Å². The Bertz CT molecular complexity index is 1380. The Morgan fingerprint density at radius 3 is 2.57 bits per heavy atom. The summed E-state index contributed by atoms with van der Waals surface area (Å²) in [6, 6.07) is 11.0. The fourth-order valence-electron chi connectivity index (χ4n) is 4.49. The Morgan fingerprint density at radius 2 is 1.81 bits per heavy atom. The van der Waals surface area contributed by atoms with E-state index in [0.29, 0.717) is 31.2 Å². The summed E-state index contributed by atoms with van der Waals surface area (Å²) in [5, 5.41) is 0.548. The van der Waals surface area contributed by atoms with Crippen molar-refractivity contribution in [2.24, 2.45) is 0 Å². The highest BCUT2D eigenvalue weighted by Crippen LogP contribution is 2.35. The number of amides is 2. The Hall–Kier alpha value is -2.79. The molecular weight excluding hydrogens is 527 g/mol. The molecule has 5 rings (SSSR count). The van der Waals surface area contributed by atoms with Crippen molar-refractivity contribution in [1.82, 2.24) is 14.4 Å². The molecule has 194 valence electrons. The summed E-state index contributed by atoms with van der Waals surface area (Å²) in [5.41, 5.74) is 0.831. The van der Waals surface area contributed by atoms with Crippen LogP contribution in [0.4, 0.5) is 18.0 Å². The first-order valence-corrected chi connectivity index (χ1v) is 12.9. The molecule has 0 saturated carbocycles. The average Bonchev–Trinajstić information content (AvgIpc) is 3.38. The Morgan fingerprint density at radius 1 is 1.03 bits per heavy atom. The highest BCUT2D eigenvalue weighted by Gasteiger charge is 2.35. The van der Waals surface area contributed by atoms with Gasteiger partial charge in [0, 0.05) is 54.8 Å². The second kappa shape index (κ2) is 10.5. The number of imide groups is 1. The minimum absolute atomic E-state index is 0.0247. The molecule has 11 heteroatoms. The Kier molecular flexibility index (Phi) is 7.35. The Labute approximate surface area is 220 Å². The van der Waals surface area contributed by atoms with Gasteiger partial charge < -0.3 is 9.30 Å². The lowest BCUT2D eigenvalue weighted by molar-refractivity contribution is -0.138. The van der Waals surface area contributed by atoms with Crippen LogP contribution in [0.15, 0.2) is 53.6 Å². The van der Waals surface area contributed by atoms with Crippen molar-refractivity contribution in [2.75, 3.05) is 39.4 Å². The third-order valence-corrected chi connectivity index (χ3v) is 7.57. The molecule has 2 amide bonds. The maximum absolute atomic E-state index is 13.5. The standard InChI is InChI=1S/C26H23ClF3N3O3S/c27-20-3-2-19(21(15-20)26(28,29)30)16-32-6-5-18-13-17(1-4-22(18)32)14-23-24(34)33(25(35)37-23)8-7-31-9-11-36-12-10-31/h1-6,13-15H,7-12,16H2. The number of nitrogens with zero attached hydrogens (tertiary/aromatic N) is 3. The number of hydrogen-bond acceptors (Lipinski definition) is 5. The van der Waals surface area contributed by atoms with Gasteiger partial charge in [-0.25, -0.2) is 0 Å². The molecule has 0 bridgehead atoms. The zero-order valence-corrected chi connectivity index (χ0v) is 21.2. The van der Waals surface area contributed by atoms with Gasteiger partial charge in [0.1, 0.15) is 0 Å². The number of carbonyl (C=O) groups is 2. The third-order valence-electron chi connectivity index (χ3n) is 6.43. The quantitative estimate of drug-likeness (QED) is 0.368. The van der Waals surface area contributed by atoms with Gasteiger partial charge in [0.25, 0.3) is 11.1 Å². The molecule has 0 atom stereocenters. The van der Waals surface area contributed by atoms with E-state index in [1.165, 1.54) is 17.0 Å². The van der Waals surface area contributed by atoms with Gasteiger partial charge in [0.05, 0.1) is 23.7 Å². The van der Waals surface area contributed by atoms with E-state index in [9.17, 15) is 22.8 Å². The number of hydrogen-bond donors (Lipinski definition) is 0. The normalized spacial score (nSPS) is 18.5. The van der Waals surface area contributed by atoms with Crippen LogP contribution in [-0.2, 0) is 22.3 Å². The first kappa shape index (κ1) is 25.8. The van der Waals surface area contributed by atoms with Gasteiger partial charge in [0.15, 0.2) is 0 Å². The lowest BCUT2D eigenvalue weighted by atomic mass is 10.1. The van der Waals surface area contributed by atoms with E-state index < -0.39 is 11.7 Å². The number of thioether (sulfide) groups is 1. The van der Waals surface area contributed by atoms with Crippen molar-refractivity contribution < 1.29 is 27.5 Å². The molecule has 3 heterocycles. The summed E-state index contributed by atoms with van der Waals surface area (Å²) < 4.78 is 47.6. The van der Waals surface area contributed by atoms with E-state index >= 15 is 0 Å². The summed E-state index contributed by atoms with van der Waals surface area (Å²) >= 11 is 6.71. The van der Waals surface area contributed by atoms with Crippen LogP contribution in [0.5, 0.6) is 0 Å². The molecule has 0 radical (unpaired) electrons. The number of alkyl halides is 3. The van der Waals surface area contributed by atoms with Crippen LogP contribution >= 0.6 is 23.4 Å². The first-order valence-electron chi connectivity index (χ1n) is 11.7. The summed E-state index contributed by atoms with van der Waals surface area (Å²) in [5.74, 6) is -0.316. The highest BCUT2D eigenvalue weighted by molar-refractivity contribution is 8.18. The van der Waals surface area contributed by atoms with Gasteiger partial charge in [-0.05, 0) is 59.3 Å². The molecule has 0 aliphatic carbocycles.